The number of nitrogens with zero attached hydrogens (tertiary/aromatic N) is 1. The van der Waals surface area contributed by atoms with Crippen LogP contribution in [0.3, 0.4) is 0 Å². The Labute approximate surface area is 95.4 Å². The van der Waals surface area contributed by atoms with Gasteiger partial charge in [0.1, 0.15) is 0 Å². The van der Waals surface area contributed by atoms with Crippen molar-refractivity contribution in [3.8, 4) is 11.5 Å². The molecular weight excluding hydrogens is 206 g/mol. The van der Waals surface area contributed by atoms with Crippen LogP contribution in [0.2, 0.25) is 0 Å². The average Bonchev–Trinajstić information content (AvgIpc) is 2.27. The molecule has 1 heterocycles. The topological polar surface area (TPSA) is 41.9 Å². The van der Waals surface area contributed by atoms with Gasteiger partial charge in [0.25, 0.3) is 0 Å². The van der Waals surface area contributed by atoms with E-state index in [1.165, 1.54) is 0 Å². The second-order valence-electron chi connectivity index (χ2n) is 4.12. The normalized spacial score (nSPS) is 20.4. The van der Waals surface area contributed by atoms with E-state index in [2.05, 4.69) is 4.90 Å². The number of benzene rings is 1. The molecule has 1 aromatic rings. The lowest BCUT2D eigenvalue weighted by molar-refractivity contribution is 0.107. The van der Waals surface area contributed by atoms with E-state index in [1.54, 1.807) is 14.2 Å². The molecule has 4 nitrogen and oxygen atoms in total. The van der Waals surface area contributed by atoms with Gasteiger partial charge in [0.2, 0.25) is 0 Å². The van der Waals surface area contributed by atoms with Gasteiger partial charge in [0, 0.05) is 13.1 Å². The van der Waals surface area contributed by atoms with Crippen LogP contribution in [0, 0.1) is 0 Å². The summed E-state index contributed by atoms with van der Waals surface area (Å²) in [7, 11) is 5.21. The standard InChI is InChI=1S/C12H17NO3/c1-13-6-8-4-11(15-2)12(16-3)5-9(8)10(14)7-13/h4-5,10,14H,6-7H2,1-3H3/t10-/m1/s1. The third kappa shape index (κ3) is 1.86. The predicted molar refractivity (Wildman–Crippen MR) is 60.8 cm³/mol. The maximum Gasteiger partial charge on any atom is 0.161 e. The van der Waals surface area contributed by atoms with Crippen LogP contribution in [0.5, 0.6) is 11.5 Å². The van der Waals surface area contributed by atoms with Crippen LogP contribution in [-0.2, 0) is 6.54 Å². The molecule has 1 N–H and O–H groups in total. The van der Waals surface area contributed by atoms with E-state index >= 15 is 0 Å². The van der Waals surface area contributed by atoms with Crippen molar-refractivity contribution in [1.29, 1.82) is 0 Å². The van der Waals surface area contributed by atoms with Crippen molar-refractivity contribution >= 4 is 0 Å². The number of rotatable bonds is 2. The number of ether oxygens (including phenoxy) is 2. The van der Waals surface area contributed by atoms with Crippen LogP contribution in [0.25, 0.3) is 0 Å². The van der Waals surface area contributed by atoms with Crippen LogP contribution in [0.15, 0.2) is 12.1 Å². The summed E-state index contributed by atoms with van der Waals surface area (Å²) in [5.74, 6) is 1.38. The molecule has 2 rings (SSSR count). The highest BCUT2D eigenvalue weighted by atomic mass is 16.5. The third-order valence-corrected chi connectivity index (χ3v) is 2.93. The zero-order chi connectivity index (χ0) is 11.7. The summed E-state index contributed by atoms with van der Waals surface area (Å²) in [6.07, 6.45) is -0.450. The zero-order valence-electron chi connectivity index (χ0n) is 9.86. The van der Waals surface area contributed by atoms with Gasteiger partial charge < -0.3 is 14.6 Å². The van der Waals surface area contributed by atoms with Gasteiger partial charge >= 0.3 is 0 Å². The number of fused-ring (bicyclic) bond motifs is 1. The molecule has 0 radical (unpaired) electrons. The highest BCUT2D eigenvalue weighted by Crippen LogP contribution is 2.36. The predicted octanol–water partition coefficient (Wildman–Crippen LogP) is 1.18. The molecule has 1 aliphatic rings. The van der Waals surface area contributed by atoms with E-state index < -0.39 is 6.10 Å². The Morgan fingerprint density at radius 2 is 1.88 bits per heavy atom. The number of β-amino-alcohol motifs (C(OH)–C–C–N with tert-alkyl or cyclic N) is 1. The van der Waals surface area contributed by atoms with E-state index in [9.17, 15) is 5.11 Å². The Morgan fingerprint density at radius 3 is 2.50 bits per heavy atom. The summed E-state index contributed by atoms with van der Waals surface area (Å²) in [4.78, 5) is 2.08. The zero-order valence-corrected chi connectivity index (χ0v) is 9.86. The second kappa shape index (κ2) is 4.31. The fraction of sp³-hybridized carbons (Fsp3) is 0.500. The van der Waals surface area contributed by atoms with Crippen LogP contribution in [0.4, 0.5) is 0 Å². The van der Waals surface area contributed by atoms with Gasteiger partial charge in [-0.25, -0.2) is 0 Å². The van der Waals surface area contributed by atoms with Crippen LogP contribution < -0.4 is 9.47 Å². The first kappa shape index (κ1) is 11.2. The minimum Gasteiger partial charge on any atom is -0.493 e. The second-order valence-corrected chi connectivity index (χ2v) is 4.12. The molecule has 88 valence electrons. The molecule has 0 unspecified atom stereocenters. The molecule has 0 spiro atoms. The molecule has 0 aliphatic carbocycles. The van der Waals surface area contributed by atoms with Crippen molar-refractivity contribution in [2.24, 2.45) is 0 Å². The Bertz CT molecular complexity index is 392. The molecule has 0 fully saturated rings. The molecule has 16 heavy (non-hydrogen) atoms. The number of methoxy groups -OCH3 is 2. The first-order valence-electron chi connectivity index (χ1n) is 5.27. The lowest BCUT2D eigenvalue weighted by Gasteiger charge is -2.29. The summed E-state index contributed by atoms with van der Waals surface area (Å²) in [6, 6.07) is 3.80. The summed E-state index contributed by atoms with van der Waals surface area (Å²) in [5.41, 5.74) is 2.04. The first-order valence-corrected chi connectivity index (χ1v) is 5.27. The van der Waals surface area contributed by atoms with Crippen molar-refractivity contribution < 1.29 is 14.6 Å². The lowest BCUT2D eigenvalue weighted by atomic mass is 9.97. The average molecular weight is 223 g/mol. The Balaban J connectivity index is 2.47. The van der Waals surface area contributed by atoms with Crippen molar-refractivity contribution in [2.75, 3.05) is 27.8 Å². The van der Waals surface area contributed by atoms with Crippen molar-refractivity contribution in [1.82, 2.24) is 4.90 Å². The highest BCUT2D eigenvalue weighted by molar-refractivity contribution is 5.48. The molecule has 0 bridgehead atoms. The van der Waals surface area contributed by atoms with Crippen LogP contribution >= 0.6 is 0 Å². The number of aliphatic hydroxyl groups is 1. The number of hydrogen-bond donors (Lipinski definition) is 1. The summed E-state index contributed by atoms with van der Waals surface area (Å²) < 4.78 is 10.5. The van der Waals surface area contributed by atoms with Crippen molar-refractivity contribution in [2.45, 2.75) is 12.6 Å². The van der Waals surface area contributed by atoms with E-state index in [-0.39, 0.29) is 0 Å². The van der Waals surface area contributed by atoms with E-state index in [0.29, 0.717) is 18.0 Å². The van der Waals surface area contributed by atoms with Crippen molar-refractivity contribution in [3.63, 3.8) is 0 Å². The van der Waals surface area contributed by atoms with E-state index in [0.717, 1.165) is 17.7 Å². The molecule has 1 aliphatic heterocycles. The minimum absolute atomic E-state index is 0.450. The summed E-state index contributed by atoms with van der Waals surface area (Å²) in [6.45, 7) is 1.48. The molecule has 1 atom stereocenters. The van der Waals surface area contributed by atoms with Crippen LogP contribution in [0.1, 0.15) is 17.2 Å². The van der Waals surface area contributed by atoms with Gasteiger partial charge in [-0.15, -0.1) is 0 Å². The van der Waals surface area contributed by atoms with Gasteiger partial charge in [-0.3, -0.25) is 4.90 Å². The van der Waals surface area contributed by atoms with Gasteiger partial charge in [-0.05, 0) is 30.3 Å². The van der Waals surface area contributed by atoms with Crippen LogP contribution in [-0.4, -0.2) is 37.8 Å². The smallest absolute Gasteiger partial charge is 0.161 e. The minimum atomic E-state index is -0.450. The largest absolute Gasteiger partial charge is 0.493 e. The monoisotopic (exact) mass is 223 g/mol. The van der Waals surface area contributed by atoms with E-state index in [4.69, 9.17) is 9.47 Å². The van der Waals surface area contributed by atoms with E-state index in [1.807, 2.05) is 19.2 Å². The number of likely N-dealkylation sites (N-methyl/N-ethyl adjacent to an activating group) is 1. The summed E-state index contributed by atoms with van der Waals surface area (Å²) in [5, 5.41) is 9.98. The SMILES string of the molecule is COc1cc2c(cc1OC)[C@H](O)CN(C)C2. The first-order chi connectivity index (χ1) is 7.65. The Morgan fingerprint density at radius 1 is 1.25 bits per heavy atom. The molecule has 0 amide bonds. The molecule has 0 saturated heterocycles. The number of aliphatic hydroxyl groups excluding tert-OH is 1. The van der Waals surface area contributed by atoms with Gasteiger partial charge in [-0.1, -0.05) is 0 Å². The third-order valence-electron chi connectivity index (χ3n) is 2.93. The summed E-state index contributed by atoms with van der Waals surface area (Å²) >= 11 is 0. The van der Waals surface area contributed by atoms with Crippen molar-refractivity contribution in [3.05, 3.63) is 23.3 Å². The Hall–Kier alpha value is -1.26. The highest BCUT2D eigenvalue weighted by Gasteiger charge is 2.23. The lowest BCUT2D eigenvalue weighted by Crippen LogP contribution is -2.30. The Kier molecular flexibility index (Phi) is 3.03. The van der Waals surface area contributed by atoms with Gasteiger partial charge in [-0.2, -0.15) is 0 Å². The fourth-order valence-electron chi connectivity index (χ4n) is 2.13. The molecule has 0 saturated carbocycles. The maximum atomic E-state index is 9.98. The molecule has 1 aromatic carbocycles. The molecular formula is C12H17NO3. The van der Waals surface area contributed by atoms with Gasteiger partial charge in [0.15, 0.2) is 11.5 Å². The molecule has 0 aromatic heterocycles. The molecule has 4 heteroatoms. The van der Waals surface area contributed by atoms with Gasteiger partial charge in [0.05, 0.1) is 20.3 Å². The number of hydrogen-bond acceptors (Lipinski definition) is 4. The maximum absolute atomic E-state index is 9.98. The fourth-order valence-corrected chi connectivity index (χ4v) is 2.13. The quantitative estimate of drug-likeness (QED) is 0.817.